The van der Waals surface area contributed by atoms with Crippen LogP contribution >= 0.6 is 31.9 Å². The molecule has 0 bridgehead atoms. The molecule has 1 aromatic rings. The lowest BCUT2D eigenvalue weighted by molar-refractivity contribution is 0.0497. The zero-order valence-electron chi connectivity index (χ0n) is 13.8. The van der Waals surface area contributed by atoms with E-state index < -0.39 is 5.60 Å². The third-order valence-corrected chi connectivity index (χ3v) is 5.45. The molecule has 1 saturated carbocycles. The summed E-state index contributed by atoms with van der Waals surface area (Å²) in [5.41, 5.74) is 0.738. The Hall–Kier alpha value is -0.590. The van der Waals surface area contributed by atoms with Gasteiger partial charge in [0.25, 0.3) is 0 Å². The first-order valence-corrected chi connectivity index (χ1v) is 9.47. The number of ether oxygens (including phenoxy) is 1. The number of rotatable bonds is 6. The first-order chi connectivity index (χ1) is 10.7. The molecule has 1 atom stereocenters. The number of amides is 1. The molecule has 0 aromatic heterocycles. The summed E-state index contributed by atoms with van der Waals surface area (Å²) in [7, 11) is 0. The third kappa shape index (κ3) is 6.81. The molecule has 0 radical (unpaired) electrons. The van der Waals surface area contributed by atoms with Gasteiger partial charge in [0.2, 0.25) is 0 Å². The Morgan fingerprint density at radius 1 is 1.30 bits per heavy atom. The van der Waals surface area contributed by atoms with Crippen molar-refractivity contribution in [3.05, 3.63) is 32.7 Å². The lowest BCUT2D eigenvalue weighted by Gasteiger charge is -2.24. The number of benzene rings is 1. The Morgan fingerprint density at radius 3 is 2.57 bits per heavy atom. The molecule has 0 aliphatic heterocycles. The summed E-state index contributed by atoms with van der Waals surface area (Å²) in [6.07, 6.45) is 2.01. The van der Waals surface area contributed by atoms with Gasteiger partial charge in [-0.15, -0.1) is 0 Å². The van der Waals surface area contributed by atoms with Crippen LogP contribution in [0.3, 0.4) is 0 Å². The summed E-state index contributed by atoms with van der Waals surface area (Å²) in [4.78, 5) is 11.9. The van der Waals surface area contributed by atoms with E-state index in [-0.39, 0.29) is 12.1 Å². The summed E-state index contributed by atoms with van der Waals surface area (Å²) in [5, 5.41) is 6.43. The molecule has 1 aliphatic carbocycles. The second-order valence-corrected chi connectivity index (χ2v) is 8.68. The van der Waals surface area contributed by atoms with Crippen molar-refractivity contribution < 1.29 is 9.53 Å². The maximum atomic E-state index is 11.9. The molecule has 128 valence electrons. The van der Waals surface area contributed by atoms with Crippen LogP contribution in [0.4, 0.5) is 4.79 Å². The highest BCUT2D eigenvalue weighted by molar-refractivity contribution is 9.13. The summed E-state index contributed by atoms with van der Waals surface area (Å²) < 4.78 is 7.44. The van der Waals surface area contributed by atoms with Gasteiger partial charge in [0.15, 0.2) is 0 Å². The molecular weight excluding hydrogens is 424 g/mol. The summed E-state index contributed by atoms with van der Waals surface area (Å²) in [5.74, 6) is 0.562. The largest absolute Gasteiger partial charge is 0.444 e. The van der Waals surface area contributed by atoms with Gasteiger partial charge in [-0.2, -0.15) is 0 Å². The number of carbonyl (C=O) groups excluding carboxylic acids is 1. The second kappa shape index (κ2) is 7.99. The van der Waals surface area contributed by atoms with Crippen molar-refractivity contribution in [2.24, 2.45) is 5.92 Å². The van der Waals surface area contributed by atoms with Crippen molar-refractivity contribution in [1.29, 1.82) is 0 Å². The molecule has 2 rings (SSSR count). The van der Waals surface area contributed by atoms with Crippen LogP contribution < -0.4 is 10.6 Å². The number of hydrogen-bond acceptors (Lipinski definition) is 3. The molecule has 0 heterocycles. The maximum Gasteiger partial charge on any atom is 0.407 e. The fraction of sp³-hybridized carbons (Fsp3) is 0.588. The number of hydrogen-bond donors (Lipinski definition) is 2. The van der Waals surface area contributed by atoms with E-state index in [1.54, 1.807) is 0 Å². The quantitative estimate of drug-likeness (QED) is 0.669. The van der Waals surface area contributed by atoms with Gasteiger partial charge in [0.1, 0.15) is 5.60 Å². The van der Waals surface area contributed by atoms with Gasteiger partial charge in [-0.25, -0.2) is 4.79 Å². The monoisotopic (exact) mass is 446 g/mol. The molecule has 1 unspecified atom stereocenters. The van der Waals surface area contributed by atoms with Gasteiger partial charge in [-0.3, -0.25) is 0 Å². The number of halogens is 2. The highest BCUT2D eigenvalue weighted by Crippen LogP contribution is 2.32. The topological polar surface area (TPSA) is 50.4 Å². The molecule has 4 nitrogen and oxygen atoms in total. The van der Waals surface area contributed by atoms with Gasteiger partial charge in [0.05, 0.1) is 0 Å². The molecule has 0 saturated heterocycles. The van der Waals surface area contributed by atoms with Crippen molar-refractivity contribution in [3.63, 3.8) is 0 Å². The average Bonchev–Trinajstić information content (AvgIpc) is 3.24. The van der Waals surface area contributed by atoms with Crippen LogP contribution in [0, 0.1) is 5.92 Å². The van der Waals surface area contributed by atoms with Crippen molar-refractivity contribution >= 4 is 38.0 Å². The average molecular weight is 448 g/mol. The molecule has 6 heteroatoms. The van der Waals surface area contributed by atoms with Crippen LogP contribution in [0.1, 0.15) is 39.2 Å². The van der Waals surface area contributed by atoms with Crippen molar-refractivity contribution in [3.8, 4) is 0 Å². The molecule has 1 aromatic carbocycles. The van der Waals surface area contributed by atoms with E-state index in [4.69, 9.17) is 4.74 Å². The summed E-state index contributed by atoms with van der Waals surface area (Å²) in [6.45, 7) is 7.15. The highest BCUT2D eigenvalue weighted by Gasteiger charge is 2.33. The molecule has 23 heavy (non-hydrogen) atoms. The molecular formula is C17H24Br2N2O2. The Kier molecular flexibility index (Phi) is 6.51. The minimum atomic E-state index is -0.463. The second-order valence-electron chi connectivity index (χ2n) is 6.97. The van der Waals surface area contributed by atoms with Gasteiger partial charge in [0, 0.05) is 28.1 Å². The van der Waals surface area contributed by atoms with Gasteiger partial charge in [-0.05, 0) is 89.1 Å². The van der Waals surface area contributed by atoms with Crippen molar-refractivity contribution in [1.82, 2.24) is 10.6 Å². The van der Waals surface area contributed by atoms with E-state index >= 15 is 0 Å². The fourth-order valence-electron chi connectivity index (χ4n) is 2.31. The number of nitrogens with one attached hydrogen (secondary N) is 2. The summed E-state index contributed by atoms with van der Waals surface area (Å²) >= 11 is 6.98. The predicted octanol–water partition coefficient (Wildman–Crippen LogP) is 4.60. The van der Waals surface area contributed by atoms with Crippen LogP contribution in [0.2, 0.25) is 0 Å². The fourth-order valence-corrected chi connectivity index (χ4v) is 2.99. The molecule has 0 spiro atoms. The Morgan fingerprint density at radius 2 is 2.00 bits per heavy atom. The Balaban J connectivity index is 1.81. The smallest absolute Gasteiger partial charge is 0.407 e. The van der Waals surface area contributed by atoms with Crippen LogP contribution in [0.25, 0.3) is 0 Å². The number of alkyl carbamates (subject to hydrolysis) is 1. The van der Waals surface area contributed by atoms with E-state index in [9.17, 15) is 4.79 Å². The van der Waals surface area contributed by atoms with E-state index in [0.29, 0.717) is 5.92 Å². The van der Waals surface area contributed by atoms with E-state index in [0.717, 1.165) is 22.0 Å². The first kappa shape index (κ1) is 18.7. The van der Waals surface area contributed by atoms with Crippen LogP contribution in [0.15, 0.2) is 27.1 Å². The predicted molar refractivity (Wildman–Crippen MR) is 99.4 cm³/mol. The van der Waals surface area contributed by atoms with Crippen LogP contribution in [-0.2, 0) is 11.3 Å². The normalized spacial score (nSPS) is 16.0. The lowest BCUT2D eigenvalue weighted by atomic mass is 10.1. The Bertz CT molecular complexity index is 554. The zero-order chi connectivity index (χ0) is 17.0. The number of carbonyl (C=O) groups is 1. The third-order valence-electron chi connectivity index (χ3n) is 3.57. The van der Waals surface area contributed by atoms with Gasteiger partial charge < -0.3 is 15.4 Å². The molecule has 1 aliphatic rings. The summed E-state index contributed by atoms with van der Waals surface area (Å²) in [6, 6.07) is 6.32. The van der Waals surface area contributed by atoms with Crippen molar-refractivity contribution in [2.45, 2.75) is 51.8 Å². The Labute approximate surface area is 155 Å². The zero-order valence-corrected chi connectivity index (χ0v) is 17.0. The van der Waals surface area contributed by atoms with Gasteiger partial charge in [-0.1, -0.05) is 6.07 Å². The minimum Gasteiger partial charge on any atom is -0.444 e. The van der Waals surface area contributed by atoms with Crippen LogP contribution in [0.5, 0.6) is 0 Å². The van der Waals surface area contributed by atoms with Gasteiger partial charge >= 0.3 is 6.09 Å². The lowest BCUT2D eigenvalue weighted by Crippen LogP contribution is -2.45. The molecule has 2 N–H and O–H groups in total. The van der Waals surface area contributed by atoms with E-state index in [1.807, 2.05) is 26.8 Å². The van der Waals surface area contributed by atoms with E-state index in [2.05, 4.69) is 54.6 Å². The minimum absolute atomic E-state index is 0.128. The van der Waals surface area contributed by atoms with Crippen molar-refractivity contribution in [2.75, 3.05) is 6.54 Å². The standard InChI is InChI=1S/C17H24Br2N2O2/c1-17(2,3)23-16(22)21-15(12-5-6-12)10-20-9-11-4-7-13(18)14(19)8-11/h4,7-8,12,15,20H,5-6,9-10H2,1-3H3,(H,21,22). The van der Waals surface area contributed by atoms with Crippen LogP contribution in [-0.4, -0.2) is 24.3 Å². The SMILES string of the molecule is CC(C)(C)OC(=O)NC(CNCc1ccc(Br)c(Br)c1)C1CC1. The highest BCUT2D eigenvalue weighted by atomic mass is 79.9. The van der Waals surface area contributed by atoms with E-state index in [1.165, 1.54) is 18.4 Å². The maximum absolute atomic E-state index is 11.9. The molecule has 1 amide bonds. The molecule has 1 fully saturated rings. The first-order valence-electron chi connectivity index (χ1n) is 7.89.